The number of carbonyl (C=O) groups excluding carboxylic acids is 1. The molecular formula is C14H26N2O3. The van der Waals surface area contributed by atoms with Crippen molar-refractivity contribution in [2.45, 2.75) is 32.3 Å². The molecule has 0 spiro atoms. The van der Waals surface area contributed by atoms with Crippen molar-refractivity contribution in [3.05, 3.63) is 0 Å². The van der Waals surface area contributed by atoms with E-state index < -0.39 is 0 Å². The SMILES string of the molecule is COCC1(C(=O)N2CCC(C)C(O)C2)CCNCC1. The third-order valence-corrected chi connectivity index (χ3v) is 4.64. The van der Waals surface area contributed by atoms with Crippen LogP contribution in [0.15, 0.2) is 0 Å². The fourth-order valence-corrected chi connectivity index (χ4v) is 3.17. The first kappa shape index (κ1) is 14.8. The third kappa shape index (κ3) is 3.09. The Balaban J connectivity index is 2.06. The van der Waals surface area contributed by atoms with E-state index in [0.29, 0.717) is 13.2 Å². The summed E-state index contributed by atoms with van der Waals surface area (Å²) in [5.74, 6) is 0.456. The van der Waals surface area contributed by atoms with Crippen molar-refractivity contribution in [2.75, 3.05) is 39.9 Å². The summed E-state index contributed by atoms with van der Waals surface area (Å²) in [5, 5.41) is 13.3. The maximum atomic E-state index is 12.8. The summed E-state index contributed by atoms with van der Waals surface area (Å²) in [7, 11) is 1.66. The van der Waals surface area contributed by atoms with E-state index in [0.717, 1.165) is 38.9 Å². The molecule has 0 aliphatic carbocycles. The number of amides is 1. The molecule has 2 saturated heterocycles. The van der Waals surface area contributed by atoms with Crippen LogP contribution in [-0.4, -0.2) is 61.9 Å². The summed E-state index contributed by atoms with van der Waals surface area (Å²) in [6.45, 7) is 5.48. The molecule has 2 N–H and O–H groups in total. The second kappa shape index (κ2) is 6.20. The molecular weight excluding hydrogens is 244 g/mol. The standard InChI is InChI=1S/C14H26N2O3/c1-11-3-8-16(9-12(11)17)13(18)14(10-19-2)4-6-15-7-5-14/h11-12,15,17H,3-10H2,1-2H3. The van der Waals surface area contributed by atoms with Gasteiger partial charge in [0.05, 0.1) is 18.1 Å². The minimum absolute atomic E-state index is 0.168. The Labute approximate surface area is 115 Å². The topological polar surface area (TPSA) is 61.8 Å². The molecule has 0 bridgehead atoms. The van der Waals surface area contributed by atoms with Crippen LogP contribution in [0.1, 0.15) is 26.2 Å². The Kier molecular flexibility index (Phi) is 4.81. The van der Waals surface area contributed by atoms with Gasteiger partial charge in [0.2, 0.25) is 5.91 Å². The van der Waals surface area contributed by atoms with Crippen LogP contribution in [0.4, 0.5) is 0 Å². The van der Waals surface area contributed by atoms with E-state index in [2.05, 4.69) is 5.32 Å². The van der Waals surface area contributed by atoms with Crippen molar-refractivity contribution in [1.82, 2.24) is 10.2 Å². The van der Waals surface area contributed by atoms with Crippen LogP contribution < -0.4 is 5.32 Å². The van der Waals surface area contributed by atoms with Gasteiger partial charge < -0.3 is 20.1 Å². The highest BCUT2D eigenvalue weighted by Gasteiger charge is 2.43. The third-order valence-electron chi connectivity index (χ3n) is 4.64. The molecule has 2 rings (SSSR count). The predicted octanol–water partition coefficient (Wildman–Crippen LogP) is 0.232. The van der Waals surface area contributed by atoms with Gasteiger partial charge in [-0.1, -0.05) is 6.92 Å². The summed E-state index contributed by atoms with van der Waals surface area (Å²) in [5.41, 5.74) is -0.389. The Hall–Kier alpha value is -0.650. The molecule has 2 fully saturated rings. The number of aliphatic hydroxyl groups excluding tert-OH is 1. The van der Waals surface area contributed by atoms with E-state index in [-0.39, 0.29) is 23.3 Å². The van der Waals surface area contributed by atoms with E-state index in [1.165, 1.54) is 0 Å². The van der Waals surface area contributed by atoms with Crippen LogP contribution in [0, 0.1) is 11.3 Å². The quantitative estimate of drug-likeness (QED) is 0.771. The van der Waals surface area contributed by atoms with E-state index in [9.17, 15) is 9.90 Å². The van der Waals surface area contributed by atoms with Crippen molar-refractivity contribution in [3.63, 3.8) is 0 Å². The minimum atomic E-state index is -0.390. The molecule has 0 saturated carbocycles. The van der Waals surface area contributed by atoms with Gasteiger partial charge in [-0.25, -0.2) is 0 Å². The van der Waals surface area contributed by atoms with Gasteiger partial charge in [0.25, 0.3) is 0 Å². The van der Waals surface area contributed by atoms with Gasteiger partial charge in [-0.2, -0.15) is 0 Å². The zero-order valence-electron chi connectivity index (χ0n) is 12.0. The lowest BCUT2D eigenvalue weighted by atomic mass is 9.77. The predicted molar refractivity (Wildman–Crippen MR) is 72.8 cm³/mol. The molecule has 5 heteroatoms. The van der Waals surface area contributed by atoms with Gasteiger partial charge in [-0.05, 0) is 38.3 Å². The Morgan fingerprint density at radius 1 is 1.47 bits per heavy atom. The Bertz CT molecular complexity index is 310. The monoisotopic (exact) mass is 270 g/mol. The first-order chi connectivity index (χ1) is 9.09. The number of aliphatic hydroxyl groups is 1. The van der Waals surface area contributed by atoms with Crippen molar-refractivity contribution >= 4 is 5.91 Å². The molecule has 19 heavy (non-hydrogen) atoms. The summed E-state index contributed by atoms with van der Waals surface area (Å²) in [6, 6.07) is 0. The van der Waals surface area contributed by atoms with Crippen molar-refractivity contribution < 1.29 is 14.6 Å². The average Bonchev–Trinajstić information content (AvgIpc) is 2.42. The Morgan fingerprint density at radius 3 is 2.74 bits per heavy atom. The number of nitrogens with zero attached hydrogens (tertiary/aromatic N) is 1. The highest BCUT2D eigenvalue weighted by atomic mass is 16.5. The van der Waals surface area contributed by atoms with Crippen LogP contribution in [0.25, 0.3) is 0 Å². The molecule has 110 valence electrons. The van der Waals surface area contributed by atoms with Crippen LogP contribution in [-0.2, 0) is 9.53 Å². The molecule has 2 atom stereocenters. The van der Waals surface area contributed by atoms with Crippen molar-refractivity contribution in [2.24, 2.45) is 11.3 Å². The zero-order chi connectivity index (χ0) is 13.9. The second-order valence-electron chi connectivity index (χ2n) is 6.05. The van der Waals surface area contributed by atoms with Crippen LogP contribution in [0.5, 0.6) is 0 Å². The molecule has 2 aliphatic heterocycles. The molecule has 5 nitrogen and oxygen atoms in total. The molecule has 1 amide bonds. The first-order valence-electron chi connectivity index (χ1n) is 7.26. The zero-order valence-corrected chi connectivity index (χ0v) is 12.0. The van der Waals surface area contributed by atoms with Gasteiger partial charge in [0.15, 0.2) is 0 Å². The Morgan fingerprint density at radius 2 is 2.16 bits per heavy atom. The summed E-state index contributed by atoms with van der Waals surface area (Å²) < 4.78 is 5.31. The number of rotatable bonds is 3. The number of ether oxygens (including phenoxy) is 1. The van der Waals surface area contributed by atoms with Crippen LogP contribution >= 0.6 is 0 Å². The van der Waals surface area contributed by atoms with E-state index >= 15 is 0 Å². The fourth-order valence-electron chi connectivity index (χ4n) is 3.17. The van der Waals surface area contributed by atoms with Gasteiger partial charge in [-0.15, -0.1) is 0 Å². The highest BCUT2D eigenvalue weighted by molar-refractivity contribution is 5.83. The van der Waals surface area contributed by atoms with E-state index in [4.69, 9.17) is 4.74 Å². The average molecular weight is 270 g/mol. The number of carbonyl (C=O) groups is 1. The van der Waals surface area contributed by atoms with E-state index in [1.807, 2.05) is 11.8 Å². The minimum Gasteiger partial charge on any atom is -0.391 e. The summed E-state index contributed by atoms with van der Waals surface area (Å²) >= 11 is 0. The van der Waals surface area contributed by atoms with Crippen LogP contribution in [0.2, 0.25) is 0 Å². The van der Waals surface area contributed by atoms with Gasteiger partial charge in [-0.3, -0.25) is 4.79 Å². The number of hydrogen-bond acceptors (Lipinski definition) is 4. The van der Waals surface area contributed by atoms with Crippen molar-refractivity contribution in [1.29, 1.82) is 0 Å². The number of likely N-dealkylation sites (tertiary alicyclic amines) is 1. The smallest absolute Gasteiger partial charge is 0.231 e. The summed E-state index contributed by atoms with van der Waals surface area (Å²) in [4.78, 5) is 14.7. The second-order valence-corrected chi connectivity index (χ2v) is 6.05. The van der Waals surface area contributed by atoms with E-state index in [1.54, 1.807) is 7.11 Å². The maximum Gasteiger partial charge on any atom is 0.231 e. The molecule has 0 aromatic carbocycles. The van der Waals surface area contributed by atoms with Gasteiger partial charge in [0, 0.05) is 20.2 Å². The lowest BCUT2D eigenvalue weighted by molar-refractivity contribution is -0.151. The van der Waals surface area contributed by atoms with Gasteiger partial charge >= 0.3 is 0 Å². The summed E-state index contributed by atoms with van der Waals surface area (Å²) in [6.07, 6.45) is 2.14. The number of β-amino-alcohol motifs (C(OH)–C–C–N with tert-alkyl or cyclic N) is 1. The molecule has 2 unspecified atom stereocenters. The molecule has 0 aromatic heterocycles. The number of methoxy groups -OCH3 is 1. The van der Waals surface area contributed by atoms with Crippen LogP contribution in [0.3, 0.4) is 0 Å². The number of hydrogen-bond donors (Lipinski definition) is 2. The first-order valence-corrected chi connectivity index (χ1v) is 7.26. The normalized spacial score (nSPS) is 31.2. The maximum absolute atomic E-state index is 12.8. The van der Waals surface area contributed by atoms with Gasteiger partial charge in [0.1, 0.15) is 0 Å². The molecule has 0 radical (unpaired) electrons. The molecule has 2 aliphatic rings. The fraction of sp³-hybridized carbons (Fsp3) is 0.929. The molecule has 2 heterocycles. The number of piperidine rings is 2. The lowest BCUT2D eigenvalue weighted by Gasteiger charge is -2.42. The molecule has 0 aromatic rings. The lowest BCUT2D eigenvalue weighted by Crippen LogP contribution is -2.55. The largest absolute Gasteiger partial charge is 0.391 e. The number of nitrogens with one attached hydrogen (secondary N) is 1. The highest BCUT2D eigenvalue weighted by Crippen LogP contribution is 2.33. The van der Waals surface area contributed by atoms with Crippen molar-refractivity contribution in [3.8, 4) is 0 Å².